The van der Waals surface area contributed by atoms with Crippen molar-refractivity contribution in [3.05, 3.63) is 23.7 Å². The molecule has 0 bridgehead atoms. The topological polar surface area (TPSA) is 51.9 Å². The smallest absolute Gasteiger partial charge is 0.261 e. The number of hydrogen-bond donors (Lipinski definition) is 0. The first kappa shape index (κ1) is 15.6. The van der Waals surface area contributed by atoms with E-state index in [0.717, 1.165) is 10.8 Å². The van der Waals surface area contributed by atoms with Gasteiger partial charge >= 0.3 is 0 Å². The number of carbonyl (C=O) groups is 1. The zero-order chi connectivity index (χ0) is 14.3. The van der Waals surface area contributed by atoms with Gasteiger partial charge in [0, 0.05) is 0 Å². The fourth-order valence-corrected chi connectivity index (χ4v) is 1.42. The normalized spacial score (nSPS) is 11.0. The summed E-state index contributed by atoms with van der Waals surface area (Å²) in [5.41, 5.74) is 0. The van der Waals surface area contributed by atoms with Crippen molar-refractivity contribution in [3.63, 3.8) is 0 Å². The Morgan fingerprint density at radius 3 is 2.74 bits per heavy atom. The lowest BCUT2D eigenvalue weighted by molar-refractivity contribution is -0.181. The van der Waals surface area contributed by atoms with Gasteiger partial charge in [-0.05, 0) is 19.1 Å². The summed E-state index contributed by atoms with van der Waals surface area (Å²) in [6.45, 7) is 1.22. The average Bonchev–Trinajstić information content (AvgIpc) is 2.76. The molecule has 0 N–H and O–H groups in total. The maximum absolute atomic E-state index is 11.8. The van der Waals surface area contributed by atoms with E-state index >= 15 is 0 Å². The SMILES string of the molecule is CON(Cc1ccc(C)o1)C(=O)CCOCC(F)F. The minimum atomic E-state index is -2.53. The molecule has 7 heteroatoms. The molecule has 0 aliphatic heterocycles. The van der Waals surface area contributed by atoms with E-state index < -0.39 is 13.0 Å². The zero-order valence-corrected chi connectivity index (χ0v) is 10.9. The van der Waals surface area contributed by atoms with Gasteiger partial charge in [-0.2, -0.15) is 0 Å². The Kier molecular flexibility index (Phi) is 6.44. The largest absolute Gasteiger partial charge is 0.464 e. The van der Waals surface area contributed by atoms with Gasteiger partial charge in [0.15, 0.2) is 0 Å². The molecule has 1 heterocycles. The van der Waals surface area contributed by atoms with Crippen LogP contribution >= 0.6 is 0 Å². The van der Waals surface area contributed by atoms with Gasteiger partial charge in [0.2, 0.25) is 5.91 Å². The molecule has 0 saturated carbocycles. The van der Waals surface area contributed by atoms with Crippen LogP contribution in [0.15, 0.2) is 16.5 Å². The predicted octanol–water partition coefficient (Wildman–Crippen LogP) is 2.15. The van der Waals surface area contributed by atoms with Crippen LogP contribution in [0, 0.1) is 6.92 Å². The Balaban J connectivity index is 2.35. The number of furan rings is 1. The van der Waals surface area contributed by atoms with Crippen LogP contribution in [0.5, 0.6) is 0 Å². The van der Waals surface area contributed by atoms with Crippen LogP contribution in [-0.2, 0) is 20.9 Å². The quantitative estimate of drug-likeness (QED) is 0.539. The van der Waals surface area contributed by atoms with Crippen molar-refractivity contribution < 1.29 is 27.6 Å². The fraction of sp³-hybridized carbons (Fsp3) is 0.583. The Morgan fingerprint density at radius 2 is 2.21 bits per heavy atom. The second-order valence-electron chi connectivity index (χ2n) is 3.84. The summed E-state index contributed by atoms with van der Waals surface area (Å²) < 4.78 is 33.6. The van der Waals surface area contributed by atoms with Crippen molar-refractivity contribution in [1.29, 1.82) is 0 Å². The van der Waals surface area contributed by atoms with E-state index in [4.69, 9.17) is 9.25 Å². The second kappa shape index (κ2) is 7.85. The number of rotatable bonds is 8. The number of alkyl halides is 2. The molecule has 1 aromatic rings. The van der Waals surface area contributed by atoms with Crippen molar-refractivity contribution in [3.8, 4) is 0 Å². The van der Waals surface area contributed by atoms with Gasteiger partial charge in [0.1, 0.15) is 24.7 Å². The van der Waals surface area contributed by atoms with Crippen LogP contribution in [0.2, 0.25) is 0 Å². The van der Waals surface area contributed by atoms with E-state index in [1.165, 1.54) is 7.11 Å². The lowest BCUT2D eigenvalue weighted by Gasteiger charge is -2.18. The van der Waals surface area contributed by atoms with E-state index in [1.807, 2.05) is 0 Å². The van der Waals surface area contributed by atoms with Gasteiger partial charge in [0.05, 0.1) is 20.1 Å². The molecule has 0 radical (unpaired) electrons. The number of carbonyl (C=O) groups excluding carboxylic acids is 1. The summed E-state index contributed by atoms with van der Waals surface area (Å²) >= 11 is 0. The minimum Gasteiger partial charge on any atom is -0.464 e. The van der Waals surface area contributed by atoms with Gasteiger partial charge in [-0.3, -0.25) is 9.63 Å². The molecule has 0 saturated heterocycles. The molecule has 0 fully saturated rings. The van der Waals surface area contributed by atoms with Crippen LogP contribution in [0.4, 0.5) is 8.78 Å². The number of amides is 1. The first-order valence-electron chi connectivity index (χ1n) is 5.78. The van der Waals surface area contributed by atoms with Gasteiger partial charge in [-0.1, -0.05) is 0 Å². The molecule has 1 amide bonds. The van der Waals surface area contributed by atoms with Crippen LogP contribution in [0.3, 0.4) is 0 Å². The summed E-state index contributed by atoms with van der Waals surface area (Å²) in [6, 6.07) is 3.52. The van der Waals surface area contributed by atoms with Gasteiger partial charge in [-0.15, -0.1) is 0 Å². The monoisotopic (exact) mass is 277 g/mol. The molecule has 0 spiro atoms. The van der Waals surface area contributed by atoms with Crippen LogP contribution in [0.25, 0.3) is 0 Å². The fourth-order valence-electron chi connectivity index (χ4n) is 1.42. The molecular weight excluding hydrogens is 260 g/mol. The predicted molar refractivity (Wildman–Crippen MR) is 62.4 cm³/mol. The number of hydrogen-bond acceptors (Lipinski definition) is 4. The van der Waals surface area contributed by atoms with Crippen molar-refractivity contribution >= 4 is 5.91 Å². The number of ether oxygens (including phenoxy) is 1. The summed E-state index contributed by atoms with van der Waals surface area (Å²) in [5, 5.41) is 1.10. The highest BCUT2D eigenvalue weighted by Crippen LogP contribution is 2.10. The molecule has 108 valence electrons. The molecule has 5 nitrogen and oxygen atoms in total. The first-order valence-corrected chi connectivity index (χ1v) is 5.78. The minimum absolute atomic E-state index is 0.0275. The van der Waals surface area contributed by atoms with E-state index in [9.17, 15) is 13.6 Å². The lowest BCUT2D eigenvalue weighted by Crippen LogP contribution is -2.30. The summed E-state index contributed by atoms with van der Waals surface area (Å²) in [6.07, 6.45) is -2.56. The first-order chi connectivity index (χ1) is 9.02. The number of aryl methyl sites for hydroxylation is 1. The molecule has 1 aromatic heterocycles. The van der Waals surface area contributed by atoms with Crippen molar-refractivity contribution in [1.82, 2.24) is 5.06 Å². The zero-order valence-electron chi connectivity index (χ0n) is 10.9. The Hall–Kier alpha value is -1.47. The Labute approximate surface area is 110 Å². The molecule has 0 aromatic carbocycles. The summed E-state index contributed by atoms with van der Waals surface area (Å²) in [5.74, 6) is 0.964. The number of hydroxylamine groups is 2. The van der Waals surface area contributed by atoms with E-state index in [-0.39, 0.29) is 25.5 Å². The van der Waals surface area contributed by atoms with E-state index in [1.54, 1.807) is 19.1 Å². The average molecular weight is 277 g/mol. The van der Waals surface area contributed by atoms with Crippen molar-refractivity contribution in [2.24, 2.45) is 0 Å². The molecule has 19 heavy (non-hydrogen) atoms. The van der Waals surface area contributed by atoms with Crippen LogP contribution < -0.4 is 0 Å². The summed E-state index contributed by atoms with van der Waals surface area (Å²) in [4.78, 5) is 16.6. The third-order valence-corrected chi connectivity index (χ3v) is 2.30. The van der Waals surface area contributed by atoms with E-state index in [2.05, 4.69) is 4.74 Å². The maximum atomic E-state index is 11.8. The molecule has 0 unspecified atom stereocenters. The summed E-state index contributed by atoms with van der Waals surface area (Å²) in [7, 11) is 1.35. The highest BCUT2D eigenvalue weighted by atomic mass is 19.3. The van der Waals surface area contributed by atoms with Crippen LogP contribution in [0.1, 0.15) is 17.9 Å². The Bertz CT molecular complexity index is 395. The second-order valence-corrected chi connectivity index (χ2v) is 3.84. The number of nitrogens with zero attached hydrogens (tertiary/aromatic N) is 1. The molecule has 0 aliphatic rings. The molecule has 0 atom stereocenters. The maximum Gasteiger partial charge on any atom is 0.261 e. The standard InChI is InChI=1S/C12H17F2NO4/c1-9-3-4-10(19-9)7-15(17-2)12(16)5-6-18-8-11(13)14/h3-4,11H,5-8H2,1-2H3. The van der Waals surface area contributed by atoms with Gasteiger partial charge < -0.3 is 9.15 Å². The van der Waals surface area contributed by atoms with Gasteiger partial charge in [0.25, 0.3) is 6.43 Å². The molecular formula is C12H17F2NO4. The number of halogens is 2. The molecule has 0 aliphatic carbocycles. The molecule has 1 rings (SSSR count). The van der Waals surface area contributed by atoms with Crippen LogP contribution in [-0.4, -0.2) is 37.7 Å². The third-order valence-electron chi connectivity index (χ3n) is 2.30. The highest BCUT2D eigenvalue weighted by Gasteiger charge is 2.15. The van der Waals surface area contributed by atoms with E-state index in [0.29, 0.717) is 5.76 Å². The Morgan fingerprint density at radius 1 is 1.47 bits per heavy atom. The third kappa shape index (κ3) is 5.80. The lowest BCUT2D eigenvalue weighted by atomic mass is 10.4. The van der Waals surface area contributed by atoms with Crippen molar-refractivity contribution in [2.75, 3.05) is 20.3 Å². The van der Waals surface area contributed by atoms with Crippen molar-refractivity contribution in [2.45, 2.75) is 26.3 Å². The highest BCUT2D eigenvalue weighted by molar-refractivity contribution is 5.75. The van der Waals surface area contributed by atoms with Gasteiger partial charge in [-0.25, -0.2) is 13.8 Å².